The molecule has 1 aromatic rings. The van der Waals surface area contributed by atoms with Gasteiger partial charge >= 0.3 is 0 Å². The number of nitrogens with zero attached hydrogens (tertiary/aromatic N) is 2. The Morgan fingerprint density at radius 3 is 2.48 bits per heavy atom. The predicted molar refractivity (Wildman–Crippen MR) is 99.0 cm³/mol. The van der Waals surface area contributed by atoms with E-state index in [9.17, 15) is 0 Å². The highest BCUT2D eigenvalue weighted by atomic mass is 15.2. The van der Waals surface area contributed by atoms with Crippen LogP contribution in [0.3, 0.4) is 0 Å². The summed E-state index contributed by atoms with van der Waals surface area (Å²) in [5.41, 5.74) is 1.38. The molecule has 1 saturated carbocycles. The summed E-state index contributed by atoms with van der Waals surface area (Å²) in [6.07, 6.45) is 7.63. The van der Waals surface area contributed by atoms with Crippen LogP contribution in [-0.2, 0) is 6.42 Å². The van der Waals surface area contributed by atoms with Crippen LogP contribution >= 0.6 is 0 Å². The molecule has 1 aliphatic carbocycles. The monoisotopic (exact) mass is 316 g/mol. The molecule has 2 N–H and O–H groups in total. The topological polar surface area (TPSA) is 39.7 Å². The summed E-state index contributed by atoms with van der Waals surface area (Å²) in [5.74, 6) is 0.941. The number of guanidine groups is 1. The van der Waals surface area contributed by atoms with Gasteiger partial charge in [-0.05, 0) is 38.9 Å². The minimum absolute atomic E-state index is 0.447. The van der Waals surface area contributed by atoms with Crippen molar-refractivity contribution in [3.8, 4) is 0 Å². The van der Waals surface area contributed by atoms with Gasteiger partial charge in [0.25, 0.3) is 0 Å². The van der Waals surface area contributed by atoms with Gasteiger partial charge in [-0.2, -0.15) is 0 Å². The molecule has 23 heavy (non-hydrogen) atoms. The summed E-state index contributed by atoms with van der Waals surface area (Å²) in [7, 11) is 6.15. The van der Waals surface area contributed by atoms with Crippen molar-refractivity contribution in [2.45, 2.75) is 50.6 Å². The highest BCUT2D eigenvalue weighted by molar-refractivity contribution is 5.80. The lowest BCUT2D eigenvalue weighted by Crippen LogP contribution is -2.49. The highest BCUT2D eigenvalue weighted by Gasteiger charge is 2.16. The van der Waals surface area contributed by atoms with Crippen molar-refractivity contribution in [3.05, 3.63) is 35.9 Å². The maximum Gasteiger partial charge on any atom is 0.191 e. The van der Waals surface area contributed by atoms with Crippen LogP contribution in [0.2, 0.25) is 0 Å². The summed E-state index contributed by atoms with van der Waals surface area (Å²) < 4.78 is 0. The lowest BCUT2D eigenvalue weighted by molar-refractivity contribution is 0.289. The minimum Gasteiger partial charge on any atom is -0.355 e. The molecule has 0 amide bonds. The molecule has 1 aromatic carbocycles. The fraction of sp³-hybridized carbons (Fsp3) is 0.632. The Hall–Kier alpha value is -1.55. The first-order valence-corrected chi connectivity index (χ1v) is 8.86. The molecule has 1 atom stereocenters. The molecule has 1 fully saturated rings. The van der Waals surface area contributed by atoms with Gasteiger partial charge in [-0.25, -0.2) is 0 Å². The first-order chi connectivity index (χ1) is 11.2. The number of likely N-dealkylation sites (N-methyl/N-ethyl adjacent to an activating group) is 1. The van der Waals surface area contributed by atoms with Crippen molar-refractivity contribution >= 4 is 5.96 Å². The predicted octanol–water partition coefficient (Wildman–Crippen LogP) is 2.66. The molecular weight excluding hydrogens is 284 g/mol. The van der Waals surface area contributed by atoms with Crippen LogP contribution < -0.4 is 10.6 Å². The largest absolute Gasteiger partial charge is 0.355 e. The summed E-state index contributed by atoms with van der Waals surface area (Å²) in [4.78, 5) is 6.68. The van der Waals surface area contributed by atoms with Crippen LogP contribution in [0, 0.1) is 0 Å². The number of hydrogen-bond acceptors (Lipinski definition) is 2. The normalized spacial score (nSPS) is 18.0. The second-order valence-corrected chi connectivity index (χ2v) is 6.74. The lowest BCUT2D eigenvalue weighted by atomic mass is 9.96. The minimum atomic E-state index is 0.447. The van der Waals surface area contributed by atoms with E-state index in [1.165, 1.54) is 37.7 Å². The zero-order valence-corrected chi connectivity index (χ0v) is 14.9. The van der Waals surface area contributed by atoms with Crippen molar-refractivity contribution in [2.24, 2.45) is 4.99 Å². The summed E-state index contributed by atoms with van der Waals surface area (Å²) in [6, 6.07) is 11.7. The third kappa shape index (κ3) is 6.22. The Labute approximate surface area is 141 Å². The maximum absolute atomic E-state index is 4.40. The fourth-order valence-electron chi connectivity index (χ4n) is 3.17. The van der Waals surface area contributed by atoms with Gasteiger partial charge in [0.15, 0.2) is 5.96 Å². The first-order valence-electron chi connectivity index (χ1n) is 8.86. The highest BCUT2D eigenvalue weighted by Crippen LogP contribution is 2.17. The number of nitrogens with one attached hydrogen (secondary N) is 2. The van der Waals surface area contributed by atoms with Gasteiger partial charge in [0, 0.05) is 25.7 Å². The third-order valence-electron chi connectivity index (χ3n) is 4.72. The van der Waals surface area contributed by atoms with E-state index in [0.717, 1.165) is 18.9 Å². The second-order valence-electron chi connectivity index (χ2n) is 6.74. The molecular formula is C19H32N4. The zero-order valence-electron chi connectivity index (χ0n) is 14.9. The maximum atomic E-state index is 4.40. The Bertz CT molecular complexity index is 464. The zero-order chi connectivity index (χ0) is 16.5. The molecule has 0 radical (unpaired) electrons. The van der Waals surface area contributed by atoms with Gasteiger partial charge in [0.05, 0.1) is 0 Å². The Morgan fingerprint density at radius 1 is 1.17 bits per heavy atom. The van der Waals surface area contributed by atoms with E-state index in [0.29, 0.717) is 12.1 Å². The smallest absolute Gasteiger partial charge is 0.191 e. The van der Waals surface area contributed by atoms with Gasteiger partial charge in [0.1, 0.15) is 0 Å². The van der Waals surface area contributed by atoms with Gasteiger partial charge in [-0.1, -0.05) is 49.6 Å². The van der Waals surface area contributed by atoms with Crippen LogP contribution in [0.25, 0.3) is 0 Å². The Balaban J connectivity index is 1.84. The average molecular weight is 316 g/mol. The molecule has 1 unspecified atom stereocenters. The van der Waals surface area contributed by atoms with Crippen molar-refractivity contribution in [2.75, 3.05) is 27.7 Å². The average Bonchev–Trinajstić information content (AvgIpc) is 2.59. The summed E-state index contributed by atoms with van der Waals surface area (Å²) in [6.45, 7) is 0.897. The second kappa shape index (κ2) is 9.56. The molecule has 0 aliphatic heterocycles. The SMILES string of the molecule is CN=C(NCC(Cc1ccccc1)N(C)C)NC1CCCCC1. The van der Waals surface area contributed by atoms with Gasteiger partial charge in [-0.15, -0.1) is 0 Å². The number of benzene rings is 1. The van der Waals surface area contributed by atoms with Crippen molar-refractivity contribution in [1.82, 2.24) is 15.5 Å². The molecule has 4 nitrogen and oxygen atoms in total. The molecule has 0 aromatic heterocycles. The number of rotatable bonds is 6. The molecule has 2 rings (SSSR count). The quantitative estimate of drug-likeness (QED) is 0.626. The van der Waals surface area contributed by atoms with E-state index in [-0.39, 0.29) is 0 Å². The molecule has 0 bridgehead atoms. The number of hydrogen-bond donors (Lipinski definition) is 2. The van der Waals surface area contributed by atoms with Gasteiger partial charge < -0.3 is 15.5 Å². The van der Waals surface area contributed by atoms with Crippen LogP contribution in [0.4, 0.5) is 0 Å². The van der Waals surface area contributed by atoms with Crippen LogP contribution in [0.15, 0.2) is 35.3 Å². The van der Waals surface area contributed by atoms with Crippen LogP contribution in [0.1, 0.15) is 37.7 Å². The number of aliphatic imine (C=N–C) groups is 1. The molecule has 4 heteroatoms. The van der Waals surface area contributed by atoms with Crippen LogP contribution in [-0.4, -0.2) is 50.6 Å². The molecule has 0 heterocycles. The van der Waals surface area contributed by atoms with E-state index in [2.05, 4.69) is 65.0 Å². The van der Waals surface area contributed by atoms with E-state index in [4.69, 9.17) is 0 Å². The van der Waals surface area contributed by atoms with Gasteiger partial charge in [0.2, 0.25) is 0 Å². The molecule has 0 saturated heterocycles. The van der Waals surface area contributed by atoms with Crippen molar-refractivity contribution in [3.63, 3.8) is 0 Å². The van der Waals surface area contributed by atoms with Crippen molar-refractivity contribution in [1.29, 1.82) is 0 Å². The van der Waals surface area contributed by atoms with Gasteiger partial charge in [-0.3, -0.25) is 4.99 Å². The fourth-order valence-corrected chi connectivity index (χ4v) is 3.17. The molecule has 1 aliphatic rings. The Kier molecular flexibility index (Phi) is 7.40. The third-order valence-corrected chi connectivity index (χ3v) is 4.72. The Morgan fingerprint density at radius 2 is 1.87 bits per heavy atom. The molecule has 0 spiro atoms. The van der Waals surface area contributed by atoms with E-state index in [1.807, 2.05) is 7.05 Å². The van der Waals surface area contributed by atoms with E-state index in [1.54, 1.807) is 0 Å². The van der Waals surface area contributed by atoms with E-state index < -0.39 is 0 Å². The van der Waals surface area contributed by atoms with Crippen LogP contribution in [0.5, 0.6) is 0 Å². The standard InChI is InChI=1S/C19H32N4/c1-20-19(22-17-12-8-5-9-13-17)21-15-18(23(2)3)14-16-10-6-4-7-11-16/h4,6-7,10-11,17-18H,5,8-9,12-15H2,1-3H3,(H2,20,21,22). The summed E-state index contributed by atoms with van der Waals surface area (Å²) in [5, 5.41) is 7.10. The molecule has 128 valence electrons. The first kappa shape index (κ1) is 17.8. The van der Waals surface area contributed by atoms with E-state index >= 15 is 0 Å². The summed E-state index contributed by atoms with van der Waals surface area (Å²) >= 11 is 0. The van der Waals surface area contributed by atoms with Crippen molar-refractivity contribution < 1.29 is 0 Å². The lowest BCUT2D eigenvalue weighted by Gasteiger charge is -2.28.